The van der Waals surface area contributed by atoms with E-state index in [0.717, 1.165) is 11.1 Å². The maximum absolute atomic E-state index is 12.5. The molecule has 7 heteroatoms. The molecule has 0 aliphatic rings. The maximum Gasteiger partial charge on any atom is 0.241 e. The van der Waals surface area contributed by atoms with Gasteiger partial charge >= 0.3 is 0 Å². The van der Waals surface area contributed by atoms with Crippen molar-refractivity contribution in [1.29, 1.82) is 0 Å². The van der Waals surface area contributed by atoms with E-state index in [-0.39, 0.29) is 17.3 Å². The van der Waals surface area contributed by atoms with Crippen molar-refractivity contribution >= 4 is 15.9 Å². The van der Waals surface area contributed by atoms with Crippen molar-refractivity contribution in [1.82, 2.24) is 10.0 Å². The van der Waals surface area contributed by atoms with Gasteiger partial charge in [-0.3, -0.25) is 4.79 Å². The zero-order chi connectivity index (χ0) is 19.2. The summed E-state index contributed by atoms with van der Waals surface area (Å²) in [5.41, 5.74) is 2.46. The lowest BCUT2D eigenvalue weighted by atomic mass is 10.1. The molecule has 0 atom stereocenters. The lowest BCUT2D eigenvalue weighted by Crippen LogP contribution is -2.37. The number of ether oxygens (including phenoxy) is 1. The Morgan fingerprint density at radius 1 is 1.04 bits per heavy atom. The first kappa shape index (κ1) is 19.9. The third kappa shape index (κ3) is 5.06. The average Bonchev–Trinajstić information content (AvgIpc) is 2.63. The average molecular weight is 376 g/mol. The fraction of sp³-hybridized carbons (Fsp3) is 0.316. The number of nitrogens with one attached hydrogen (secondary N) is 2. The first-order valence-electron chi connectivity index (χ1n) is 8.29. The topological polar surface area (TPSA) is 84.5 Å². The molecule has 0 saturated carbocycles. The number of rotatable bonds is 8. The Labute approximate surface area is 154 Å². The van der Waals surface area contributed by atoms with Gasteiger partial charge in [0.05, 0.1) is 18.6 Å². The van der Waals surface area contributed by atoms with Crippen LogP contribution in [0.4, 0.5) is 0 Å². The van der Waals surface area contributed by atoms with Crippen molar-refractivity contribution < 1.29 is 17.9 Å². The van der Waals surface area contributed by atoms with E-state index in [1.165, 1.54) is 13.2 Å². The van der Waals surface area contributed by atoms with Gasteiger partial charge in [0.15, 0.2) is 0 Å². The summed E-state index contributed by atoms with van der Waals surface area (Å²) in [7, 11) is -2.24. The zero-order valence-electron chi connectivity index (χ0n) is 15.2. The lowest BCUT2D eigenvalue weighted by molar-refractivity contribution is -0.119. The van der Waals surface area contributed by atoms with E-state index in [1.807, 2.05) is 30.3 Å². The number of methoxy groups -OCH3 is 1. The molecule has 26 heavy (non-hydrogen) atoms. The number of amides is 1. The van der Waals surface area contributed by atoms with Crippen molar-refractivity contribution in [2.24, 2.45) is 0 Å². The van der Waals surface area contributed by atoms with E-state index in [2.05, 4.69) is 10.0 Å². The van der Waals surface area contributed by atoms with Gasteiger partial charge in [0.1, 0.15) is 5.75 Å². The highest BCUT2D eigenvalue weighted by atomic mass is 32.2. The SMILES string of the molecule is COc1ccc(S(=O)(=O)NCC(=O)NCCc2ccccc2)c(C)c1C. The van der Waals surface area contributed by atoms with Crippen LogP contribution >= 0.6 is 0 Å². The summed E-state index contributed by atoms with van der Waals surface area (Å²) in [4.78, 5) is 12.1. The van der Waals surface area contributed by atoms with Crippen molar-refractivity contribution in [3.63, 3.8) is 0 Å². The molecule has 140 valence electrons. The van der Waals surface area contributed by atoms with Crippen LogP contribution in [0.1, 0.15) is 16.7 Å². The molecule has 6 nitrogen and oxygen atoms in total. The number of benzene rings is 2. The molecule has 0 aliphatic heterocycles. The van der Waals surface area contributed by atoms with Gasteiger partial charge in [-0.05, 0) is 49.1 Å². The van der Waals surface area contributed by atoms with Gasteiger partial charge in [-0.1, -0.05) is 30.3 Å². The monoisotopic (exact) mass is 376 g/mol. The molecule has 0 bridgehead atoms. The zero-order valence-corrected chi connectivity index (χ0v) is 16.0. The van der Waals surface area contributed by atoms with Crippen LogP contribution < -0.4 is 14.8 Å². The molecule has 2 aromatic carbocycles. The fourth-order valence-corrected chi connectivity index (χ4v) is 3.85. The second-order valence-corrected chi connectivity index (χ2v) is 7.66. The van der Waals surface area contributed by atoms with Crippen LogP contribution in [0.3, 0.4) is 0 Å². The predicted molar refractivity (Wildman–Crippen MR) is 101 cm³/mol. The van der Waals surface area contributed by atoms with Gasteiger partial charge in [-0.15, -0.1) is 0 Å². The summed E-state index contributed by atoms with van der Waals surface area (Å²) in [6.45, 7) is 3.66. The van der Waals surface area contributed by atoms with Gasteiger partial charge in [0, 0.05) is 6.54 Å². The fourth-order valence-electron chi connectivity index (χ4n) is 2.57. The van der Waals surface area contributed by atoms with Crippen molar-refractivity contribution in [2.75, 3.05) is 20.2 Å². The van der Waals surface area contributed by atoms with Crippen LogP contribution in [0.25, 0.3) is 0 Å². The Hall–Kier alpha value is -2.38. The quantitative estimate of drug-likeness (QED) is 0.737. The molecule has 2 aromatic rings. The number of hydrogen-bond donors (Lipinski definition) is 2. The van der Waals surface area contributed by atoms with Crippen molar-refractivity contribution in [3.8, 4) is 5.75 Å². The molecule has 0 radical (unpaired) electrons. The molecule has 0 aromatic heterocycles. The largest absolute Gasteiger partial charge is 0.496 e. The standard InChI is InChI=1S/C19H24N2O4S/c1-14-15(2)18(10-9-17(14)25-3)26(23,24)21-13-19(22)20-12-11-16-7-5-4-6-8-16/h4-10,21H,11-13H2,1-3H3,(H,20,22). The molecule has 0 aliphatic carbocycles. The molecular weight excluding hydrogens is 352 g/mol. The molecule has 0 saturated heterocycles. The van der Waals surface area contributed by atoms with E-state index < -0.39 is 10.0 Å². The summed E-state index contributed by atoms with van der Waals surface area (Å²) >= 11 is 0. The minimum atomic E-state index is -3.78. The molecule has 0 spiro atoms. The molecule has 2 N–H and O–H groups in total. The first-order chi connectivity index (χ1) is 12.3. The van der Waals surface area contributed by atoms with Crippen LogP contribution in [-0.2, 0) is 21.2 Å². The second-order valence-electron chi connectivity index (χ2n) is 5.93. The smallest absolute Gasteiger partial charge is 0.241 e. The summed E-state index contributed by atoms with van der Waals surface area (Å²) in [6.07, 6.45) is 0.691. The number of hydrogen-bond acceptors (Lipinski definition) is 4. The predicted octanol–water partition coefficient (Wildman–Crippen LogP) is 1.95. The third-order valence-corrected chi connectivity index (χ3v) is 5.74. The van der Waals surface area contributed by atoms with E-state index in [1.54, 1.807) is 19.9 Å². The lowest BCUT2D eigenvalue weighted by Gasteiger charge is -2.13. The molecule has 0 heterocycles. The minimum Gasteiger partial charge on any atom is -0.496 e. The normalized spacial score (nSPS) is 11.2. The molecule has 2 rings (SSSR count). The van der Waals surface area contributed by atoms with E-state index >= 15 is 0 Å². The summed E-state index contributed by atoms with van der Waals surface area (Å²) in [5.74, 6) is 0.257. The summed E-state index contributed by atoms with van der Waals surface area (Å²) in [5, 5.41) is 2.71. The van der Waals surface area contributed by atoms with E-state index in [4.69, 9.17) is 4.74 Å². The first-order valence-corrected chi connectivity index (χ1v) is 9.78. The highest BCUT2D eigenvalue weighted by Crippen LogP contribution is 2.26. The molecule has 0 unspecified atom stereocenters. The van der Waals surface area contributed by atoms with Gasteiger partial charge in [0.2, 0.25) is 15.9 Å². The molecule has 1 amide bonds. The highest BCUT2D eigenvalue weighted by Gasteiger charge is 2.20. The van der Waals surface area contributed by atoms with Crippen LogP contribution in [0.2, 0.25) is 0 Å². The highest BCUT2D eigenvalue weighted by molar-refractivity contribution is 7.89. The van der Waals surface area contributed by atoms with Gasteiger partial charge in [0.25, 0.3) is 0 Å². The van der Waals surface area contributed by atoms with Crippen molar-refractivity contribution in [3.05, 3.63) is 59.2 Å². The van der Waals surface area contributed by atoms with Gasteiger partial charge < -0.3 is 10.1 Å². The Morgan fingerprint density at radius 3 is 2.38 bits per heavy atom. The number of carbonyl (C=O) groups excluding carboxylic acids is 1. The summed E-state index contributed by atoms with van der Waals surface area (Å²) in [6, 6.07) is 12.8. The molecule has 0 fully saturated rings. The van der Waals surface area contributed by atoms with Crippen LogP contribution in [0.15, 0.2) is 47.4 Å². The third-order valence-electron chi connectivity index (χ3n) is 4.20. The van der Waals surface area contributed by atoms with Crippen LogP contribution in [0.5, 0.6) is 5.75 Å². The van der Waals surface area contributed by atoms with Gasteiger partial charge in [-0.25, -0.2) is 13.1 Å². The van der Waals surface area contributed by atoms with E-state index in [9.17, 15) is 13.2 Å². The Kier molecular flexibility index (Phi) is 6.76. The Bertz CT molecular complexity index is 865. The summed E-state index contributed by atoms with van der Waals surface area (Å²) < 4.78 is 32.5. The Balaban J connectivity index is 1.91. The number of carbonyl (C=O) groups is 1. The second kappa shape index (κ2) is 8.82. The molecular formula is C19H24N2O4S. The number of sulfonamides is 1. The minimum absolute atomic E-state index is 0.146. The maximum atomic E-state index is 12.5. The van der Waals surface area contributed by atoms with Gasteiger partial charge in [-0.2, -0.15) is 0 Å². The van der Waals surface area contributed by atoms with E-state index in [0.29, 0.717) is 24.3 Å². The van der Waals surface area contributed by atoms with Crippen LogP contribution in [-0.4, -0.2) is 34.5 Å². The van der Waals surface area contributed by atoms with Crippen LogP contribution in [0, 0.1) is 13.8 Å². The van der Waals surface area contributed by atoms with Crippen molar-refractivity contribution in [2.45, 2.75) is 25.2 Å². The Morgan fingerprint density at radius 2 is 1.73 bits per heavy atom.